The van der Waals surface area contributed by atoms with Crippen molar-refractivity contribution in [3.63, 3.8) is 0 Å². The molecule has 2 N–H and O–H groups in total. The molecule has 0 fully saturated rings. The van der Waals surface area contributed by atoms with Crippen molar-refractivity contribution in [2.24, 2.45) is 0 Å². The van der Waals surface area contributed by atoms with E-state index in [4.69, 9.17) is 0 Å². The molecule has 0 atom stereocenters. The molecule has 4 nitrogen and oxygen atoms in total. The van der Waals surface area contributed by atoms with Crippen molar-refractivity contribution < 1.29 is 27.2 Å². The molecule has 2 amide bonds. The molecule has 0 bridgehead atoms. The molecule has 9 heteroatoms. The summed E-state index contributed by atoms with van der Waals surface area (Å²) in [7, 11) is 0. The molecule has 0 heterocycles. The molecular formula is C16H12F4N2O2S. The average Bonchev–Trinajstić information content (AvgIpc) is 2.54. The molecule has 132 valence electrons. The van der Waals surface area contributed by atoms with Crippen LogP contribution in [0.2, 0.25) is 0 Å². The second-order valence-electron chi connectivity index (χ2n) is 4.85. The number of hydrogen-bond acceptors (Lipinski definition) is 3. The highest BCUT2D eigenvalue weighted by Gasteiger charge is 2.09. The van der Waals surface area contributed by atoms with Gasteiger partial charge in [0.1, 0.15) is 0 Å². The molecule has 0 aliphatic heterocycles. The second-order valence-corrected chi connectivity index (χ2v) is 5.83. The molecule has 0 unspecified atom stereocenters. The first-order valence-corrected chi connectivity index (χ1v) is 8.08. The van der Waals surface area contributed by atoms with E-state index in [9.17, 15) is 27.2 Å². The number of anilines is 2. The van der Waals surface area contributed by atoms with Crippen LogP contribution >= 0.6 is 11.8 Å². The Hall–Kier alpha value is -2.55. The molecule has 0 radical (unpaired) electrons. The van der Waals surface area contributed by atoms with E-state index in [2.05, 4.69) is 10.6 Å². The minimum Gasteiger partial charge on any atom is -0.325 e. The summed E-state index contributed by atoms with van der Waals surface area (Å²) in [5.74, 6) is -5.45. The third kappa shape index (κ3) is 5.79. The Bertz CT molecular complexity index is 736. The van der Waals surface area contributed by atoms with Crippen molar-refractivity contribution >= 4 is 35.0 Å². The average molecular weight is 372 g/mol. The van der Waals surface area contributed by atoms with Crippen molar-refractivity contribution in [2.75, 3.05) is 22.1 Å². The van der Waals surface area contributed by atoms with Gasteiger partial charge in [0.2, 0.25) is 11.8 Å². The maximum Gasteiger partial charge on any atom is 0.234 e. The Morgan fingerprint density at radius 3 is 1.48 bits per heavy atom. The fraction of sp³-hybridized carbons (Fsp3) is 0.125. The van der Waals surface area contributed by atoms with Gasteiger partial charge in [-0.25, -0.2) is 17.6 Å². The van der Waals surface area contributed by atoms with E-state index >= 15 is 0 Å². The van der Waals surface area contributed by atoms with Crippen LogP contribution in [-0.4, -0.2) is 23.3 Å². The van der Waals surface area contributed by atoms with Gasteiger partial charge in [0.25, 0.3) is 0 Å². The smallest absolute Gasteiger partial charge is 0.234 e. The van der Waals surface area contributed by atoms with Crippen molar-refractivity contribution in [3.8, 4) is 0 Å². The molecule has 0 saturated carbocycles. The van der Waals surface area contributed by atoms with Gasteiger partial charge in [0.05, 0.1) is 11.5 Å². The fourth-order valence-corrected chi connectivity index (χ4v) is 2.40. The fourth-order valence-electron chi connectivity index (χ4n) is 1.78. The summed E-state index contributed by atoms with van der Waals surface area (Å²) in [6, 6.07) is 5.86. The van der Waals surface area contributed by atoms with E-state index < -0.39 is 35.1 Å². The van der Waals surface area contributed by atoms with Crippen molar-refractivity contribution in [1.82, 2.24) is 0 Å². The van der Waals surface area contributed by atoms with Crippen LogP contribution < -0.4 is 10.6 Å². The van der Waals surface area contributed by atoms with E-state index in [-0.39, 0.29) is 22.9 Å². The van der Waals surface area contributed by atoms with E-state index in [1.807, 2.05) is 0 Å². The molecular weight excluding hydrogens is 360 g/mol. The number of carbonyl (C=O) groups is 2. The molecule has 25 heavy (non-hydrogen) atoms. The van der Waals surface area contributed by atoms with Crippen molar-refractivity contribution in [1.29, 1.82) is 0 Å². The van der Waals surface area contributed by atoms with Gasteiger partial charge in [-0.3, -0.25) is 9.59 Å². The molecule has 0 spiro atoms. The van der Waals surface area contributed by atoms with Crippen LogP contribution in [0.4, 0.5) is 28.9 Å². The highest BCUT2D eigenvalue weighted by atomic mass is 32.2. The van der Waals surface area contributed by atoms with Crippen LogP contribution in [-0.2, 0) is 9.59 Å². The summed E-state index contributed by atoms with van der Waals surface area (Å²) in [5, 5.41) is 4.72. The van der Waals surface area contributed by atoms with Gasteiger partial charge in [-0.15, -0.1) is 11.8 Å². The molecule has 0 aliphatic carbocycles. The van der Waals surface area contributed by atoms with Gasteiger partial charge in [0.15, 0.2) is 23.3 Å². The maximum absolute atomic E-state index is 13.0. The summed E-state index contributed by atoms with van der Waals surface area (Å²) >= 11 is 0.963. The number of thioether (sulfide) groups is 1. The van der Waals surface area contributed by atoms with Crippen LogP contribution in [0.15, 0.2) is 36.4 Å². The minimum atomic E-state index is -1.09. The first-order chi connectivity index (χ1) is 11.8. The summed E-state index contributed by atoms with van der Waals surface area (Å²) in [6.45, 7) is 0. The second kappa shape index (κ2) is 8.52. The zero-order chi connectivity index (χ0) is 18.4. The number of nitrogens with one attached hydrogen (secondary N) is 2. The standard InChI is InChI=1S/C16H12F4N2O2S/c17-11-3-1-9(5-13(11)19)21-15(23)7-25-8-16(24)22-10-2-4-12(18)14(20)6-10/h1-6H,7-8H2,(H,21,23)(H,22,24). The highest BCUT2D eigenvalue weighted by Crippen LogP contribution is 2.15. The summed E-state index contributed by atoms with van der Waals surface area (Å²) in [6.07, 6.45) is 0. The monoisotopic (exact) mass is 372 g/mol. The van der Waals surface area contributed by atoms with Crippen LogP contribution in [0.3, 0.4) is 0 Å². The lowest BCUT2D eigenvalue weighted by molar-refractivity contribution is -0.114. The van der Waals surface area contributed by atoms with Gasteiger partial charge in [0, 0.05) is 23.5 Å². The topological polar surface area (TPSA) is 58.2 Å². The van der Waals surface area contributed by atoms with Gasteiger partial charge >= 0.3 is 0 Å². The van der Waals surface area contributed by atoms with Crippen LogP contribution in [0.1, 0.15) is 0 Å². The number of rotatable bonds is 6. The zero-order valence-electron chi connectivity index (χ0n) is 12.6. The number of halogens is 4. The molecule has 2 aromatic carbocycles. The first kappa shape index (κ1) is 18.8. The Morgan fingerprint density at radius 1 is 0.720 bits per heavy atom. The minimum absolute atomic E-state index is 0.0933. The van der Waals surface area contributed by atoms with Crippen LogP contribution in [0, 0.1) is 23.3 Å². The molecule has 2 rings (SSSR count). The molecule has 0 aliphatic rings. The number of carbonyl (C=O) groups excluding carboxylic acids is 2. The van der Waals surface area contributed by atoms with E-state index in [0.29, 0.717) is 0 Å². The van der Waals surface area contributed by atoms with E-state index in [1.54, 1.807) is 0 Å². The van der Waals surface area contributed by atoms with Gasteiger partial charge < -0.3 is 10.6 Å². The lowest BCUT2D eigenvalue weighted by Crippen LogP contribution is -2.18. The Kier molecular flexibility index (Phi) is 6.40. The lowest BCUT2D eigenvalue weighted by Gasteiger charge is -2.07. The van der Waals surface area contributed by atoms with Crippen molar-refractivity contribution in [3.05, 3.63) is 59.7 Å². The number of hydrogen-bond donors (Lipinski definition) is 2. The predicted octanol–water partition coefficient (Wildman–Crippen LogP) is 3.55. The van der Waals surface area contributed by atoms with E-state index in [1.165, 1.54) is 12.1 Å². The van der Waals surface area contributed by atoms with Gasteiger partial charge in [-0.05, 0) is 24.3 Å². The number of amides is 2. The Morgan fingerprint density at radius 2 is 1.12 bits per heavy atom. The zero-order valence-corrected chi connectivity index (χ0v) is 13.4. The molecule has 0 aromatic heterocycles. The van der Waals surface area contributed by atoms with Crippen molar-refractivity contribution in [2.45, 2.75) is 0 Å². The van der Waals surface area contributed by atoms with Crippen LogP contribution in [0.5, 0.6) is 0 Å². The number of benzene rings is 2. The quantitative estimate of drug-likeness (QED) is 0.763. The Labute approximate surface area is 144 Å². The highest BCUT2D eigenvalue weighted by molar-refractivity contribution is 8.00. The normalized spacial score (nSPS) is 10.4. The largest absolute Gasteiger partial charge is 0.325 e. The summed E-state index contributed by atoms with van der Waals surface area (Å²) < 4.78 is 51.6. The predicted molar refractivity (Wildman–Crippen MR) is 87.3 cm³/mol. The van der Waals surface area contributed by atoms with Crippen LogP contribution in [0.25, 0.3) is 0 Å². The maximum atomic E-state index is 13.0. The third-order valence-corrected chi connectivity index (χ3v) is 3.81. The Balaban J connectivity index is 1.75. The van der Waals surface area contributed by atoms with Gasteiger partial charge in [-0.1, -0.05) is 0 Å². The summed E-state index contributed by atoms with van der Waals surface area (Å²) in [5.41, 5.74) is 0.187. The summed E-state index contributed by atoms with van der Waals surface area (Å²) in [4.78, 5) is 23.3. The molecule has 2 aromatic rings. The SMILES string of the molecule is O=C(CSCC(=O)Nc1ccc(F)c(F)c1)Nc1ccc(F)c(F)c1. The van der Waals surface area contributed by atoms with Gasteiger partial charge in [-0.2, -0.15) is 0 Å². The lowest BCUT2D eigenvalue weighted by atomic mass is 10.3. The molecule has 0 saturated heterocycles. The van der Waals surface area contributed by atoms with E-state index in [0.717, 1.165) is 36.0 Å². The first-order valence-electron chi connectivity index (χ1n) is 6.92. The third-order valence-electron chi connectivity index (χ3n) is 2.87.